The molecule has 1 rings (SSSR count). The van der Waals surface area contributed by atoms with Crippen molar-refractivity contribution in [3.63, 3.8) is 0 Å². The minimum atomic E-state index is -1.11. The van der Waals surface area contributed by atoms with Crippen molar-refractivity contribution in [3.8, 4) is 0 Å². The number of hydrogen-bond acceptors (Lipinski definition) is 3. The van der Waals surface area contributed by atoms with Crippen LogP contribution in [-0.4, -0.2) is 23.1 Å². The zero-order chi connectivity index (χ0) is 18.5. The van der Waals surface area contributed by atoms with Gasteiger partial charge in [0, 0.05) is 0 Å². The van der Waals surface area contributed by atoms with Crippen molar-refractivity contribution in [3.05, 3.63) is 35.4 Å². The topological polar surface area (TPSA) is 63.6 Å². The highest BCUT2D eigenvalue weighted by molar-refractivity contribution is 6.02. The fourth-order valence-electron chi connectivity index (χ4n) is 2.90. The standard InChI is InChI=1S/C21H32O4/c1-3-4-5-6-7-8-9-10-11-14-17(2)25-21(24)19-16-13-12-15-18(19)20(22)23/h12-13,15-17H,3-11,14H2,1-2H3,(H,22,23)/t17-/m0/s1. The van der Waals surface area contributed by atoms with E-state index in [0.717, 1.165) is 19.3 Å². The van der Waals surface area contributed by atoms with Gasteiger partial charge < -0.3 is 9.84 Å². The van der Waals surface area contributed by atoms with E-state index in [-0.39, 0.29) is 17.2 Å². The van der Waals surface area contributed by atoms with Crippen LogP contribution in [0, 0.1) is 0 Å². The number of carboxylic acids is 1. The summed E-state index contributed by atoms with van der Waals surface area (Å²) in [4.78, 5) is 23.3. The normalized spacial score (nSPS) is 11.9. The lowest BCUT2D eigenvalue weighted by molar-refractivity contribution is 0.0313. The largest absolute Gasteiger partial charge is 0.478 e. The zero-order valence-corrected chi connectivity index (χ0v) is 15.6. The second kappa shape index (κ2) is 12.5. The smallest absolute Gasteiger partial charge is 0.339 e. The van der Waals surface area contributed by atoms with Gasteiger partial charge in [-0.05, 0) is 31.9 Å². The van der Waals surface area contributed by atoms with Crippen molar-refractivity contribution in [1.82, 2.24) is 0 Å². The molecule has 0 aliphatic rings. The highest BCUT2D eigenvalue weighted by Gasteiger charge is 2.18. The van der Waals surface area contributed by atoms with E-state index in [9.17, 15) is 9.59 Å². The summed E-state index contributed by atoms with van der Waals surface area (Å²) < 4.78 is 5.40. The fraction of sp³-hybridized carbons (Fsp3) is 0.619. The number of carbonyl (C=O) groups is 2. The second-order valence-corrected chi connectivity index (χ2v) is 6.68. The van der Waals surface area contributed by atoms with Crippen molar-refractivity contribution in [2.24, 2.45) is 0 Å². The van der Waals surface area contributed by atoms with Crippen LogP contribution in [0.25, 0.3) is 0 Å². The van der Waals surface area contributed by atoms with Crippen LogP contribution in [0.5, 0.6) is 0 Å². The van der Waals surface area contributed by atoms with Crippen LogP contribution in [0.1, 0.15) is 98.8 Å². The molecule has 0 aliphatic heterocycles. The molecule has 0 radical (unpaired) electrons. The third-order valence-electron chi connectivity index (χ3n) is 4.40. The number of unbranched alkanes of at least 4 members (excludes halogenated alkanes) is 8. The van der Waals surface area contributed by atoms with E-state index in [4.69, 9.17) is 9.84 Å². The van der Waals surface area contributed by atoms with Crippen molar-refractivity contribution < 1.29 is 19.4 Å². The van der Waals surface area contributed by atoms with Crippen LogP contribution >= 0.6 is 0 Å². The number of carboxylic acid groups (broad SMARTS) is 1. The highest BCUT2D eigenvalue weighted by atomic mass is 16.5. The molecule has 0 heterocycles. The summed E-state index contributed by atoms with van der Waals surface area (Å²) in [5.41, 5.74) is 0.108. The molecule has 4 nitrogen and oxygen atoms in total. The Hall–Kier alpha value is -1.84. The molecule has 0 aromatic heterocycles. The van der Waals surface area contributed by atoms with E-state index in [2.05, 4.69) is 6.92 Å². The Bertz CT molecular complexity index is 524. The number of rotatable bonds is 13. The molecule has 0 amide bonds. The van der Waals surface area contributed by atoms with Crippen LogP contribution in [0.4, 0.5) is 0 Å². The molecule has 0 fully saturated rings. The molecule has 1 aromatic carbocycles. The van der Waals surface area contributed by atoms with E-state index in [1.54, 1.807) is 12.1 Å². The first-order valence-electron chi connectivity index (χ1n) is 9.59. The van der Waals surface area contributed by atoms with Gasteiger partial charge >= 0.3 is 11.9 Å². The third-order valence-corrected chi connectivity index (χ3v) is 4.40. The van der Waals surface area contributed by atoms with Crippen LogP contribution < -0.4 is 0 Å². The van der Waals surface area contributed by atoms with Crippen molar-refractivity contribution in [2.45, 2.75) is 84.2 Å². The van der Waals surface area contributed by atoms with Crippen molar-refractivity contribution in [1.29, 1.82) is 0 Å². The van der Waals surface area contributed by atoms with Gasteiger partial charge in [0.25, 0.3) is 0 Å². The molecular weight excluding hydrogens is 316 g/mol. The molecule has 0 aliphatic carbocycles. The van der Waals surface area contributed by atoms with Crippen molar-refractivity contribution in [2.75, 3.05) is 0 Å². The average Bonchev–Trinajstić information content (AvgIpc) is 2.60. The van der Waals surface area contributed by atoms with Gasteiger partial charge in [0.05, 0.1) is 17.2 Å². The lowest BCUT2D eigenvalue weighted by Crippen LogP contribution is -2.17. The zero-order valence-electron chi connectivity index (χ0n) is 15.6. The molecule has 0 unspecified atom stereocenters. The van der Waals surface area contributed by atoms with E-state index < -0.39 is 11.9 Å². The molecule has 0 saturated heterocycles. The van der Waals surface area contributed by atoms with Crippen LogP contribution in [0.15, 0.2) is 24.3 Å². The molecule has 1 atom stereocenters. The Kier molecular flexibility index (Phi) is 10.6. The summed E-state index contributed by atoms with van der Waals surface area (Å²) in [5, 5.41) is 9.13. The number of ether oxygens (including phenoxy) is 1. The molecule has 1 N–H and O–H groups in total. The van der Waals surface area contributed by atoms with Gasteiger partial charge in [-0.15, -0.1) is 0 Å². The first kappa shape index (κ1) is 21.2. The molecule has 0 bridgehead atoms. The van der Waals surface area contributed by atoms with Gasteiger partial charge in [0.15, 0.2) is 0 Å². The molecule has 1 aromatic rings. The monoisotopic (exact) mass is 348 g/mol. The summed E-state index contributed by atoms with van der Waals surface area (Å²) in [5.74, 6) is -1.67. The molecule has 0 spiro atoms. The number of esters is 1. The summed E-state index contributed by atoms with van der Waals surface area (Å²) >= 11 is 0. The predicted molar refractivity (Wildman–Crippen MR) is 100 cm³/mol. The van der Waals surface area contributed by atoms with Crippen LogP contribution in [0.3, 0.4) is 0 Å². The van der Waals surface area contributed by atoms with E-state index in [1.807, 2.05) is 6.92 Å². The van der Waals surface area contributed by atoms with Gasteiger partial charge in [-0.3, -0.25) is 0 Å². The van der Waals surface area contributed by atoms with Gasteiger partial charge in [-0.25, -0.2) is 9.59 Å². The summed E-state index contributed by atoms with van der Waals surface area (Å²) in [7, 11) is 0. The van der Waals surface area contributed by atoms with E-state index in [1.165, 1.54) is 57.1 Å². The first-order chi connectivity index (χ1) is 12.1. The third kappa shape index (κ3) is 8.71. The Labute approximate surface area is 151 Å². The van der Waals surface area contributed by atoms with Crippen LogP contribution in [0.2, 0.25) is 0 Å². The molecule has 4 heteroatoms. The lowest BCUT2D eigenvalue weighted by Gasteiger charge is -2.14. The highest BCUT2D eigenvalue weighted by Crippen LogP contribution is 2.15. The van der Waals surface area contributed by atoms with E-state index in [0.29, 0.717) is 0 Å². The molecule has 25 heavy (non-hydrogen) atoms. The Balaban J connectivity index is 2.21. The fourth-order valence-corrected chi connectivity index (χ4v) is 2.90. The number of aromatic carboxylic acids is 1. The summed E-state index contributed by atoms with van der Waals surface area (Å²) in [6.45, 7) is 4.10. The number of carbonyl (C=O) groups excluding carboxylic acids is 1. The predicted octanol–water partition coefficient (Wildman–Crippen LogP) is 5.85. The molecule has 0 saturated carbocycles. The first-order valence-corrected chi connectivity index (χ1v) is 9.59. The summed E-state index contributed by atoms with van der Waals surface area (Å²) in [6.07, 6.45) is 11.9. The SMILES string of the molecule is CCCCCCCCCCC[C@H](C)OC(=O)c1ccccc1C(=O)O. The summed E-state index contributed by atoms with van der Waals surface area (Å²) in [6, 6.07) is 6.17. The van der Waals surface area contributed by atoms with Crippen LogP contribution in [-0.2, 0) is 4.74 Å². The second-order valence-electron chi connectivity index (χ2n) is 6.68. The maximum Gasteiger partial charge on any atom is 0.339 e. The maximum absolute atomic E-state index is 12.2. The average molecular weight is 348 g/mol. The van der Waals surface area contributed by atoms with Gasteiger partial charge in [0.2, 0.25) is 0 Å². The van der Waals surface area contributed by atoms with Gasteiger partial charge in [0.1, 0.15) is 0 Å². The molecule has 140 valence electrons. The van der Waals surface area contributed by atoms with Gasteiger partial charge in [-0.1, -0.05) is 70.4 Å². The van der Waals surface area contributed by atoms with Gasteiger partial charge in [-0.2, -0.15) is 0 Å². The number of benzene rings is 1. The lowest BCUT2D eigenvalue weighted by atomic mass is 10.1. The number of hydrogen-bond donors (Lipinski definition) is 1. The van der Waals surface area contributed by atoms with E-state index >= 15 is 0 Å². The quantitative estimate of drug-likeness (QED) is 0.359. The van der Waals surface area contributed by atoms with Crippen molar-refractivity contribution >= 4 is 11.9 Å². The minimum absolute atomic E-state index is 0.0113. The maximum atomic E-state index is 12.2. The Morgan fingerprint density at radius 3 is 2.00 bits per heavy atom. The minimum Gasteiger partial charge on any atom is -0.478 e. The Morgan fingerprint density at radius 2 is 1.44 bits per heavy atom. The Morgan fingerprint density at radius 1 is 0.920 bits per heavy atom. The molecular formula is C21H32O4.